The van der Waals surface area contributed by atoms with Gasteiger partial charge in [-0.1, -0.05) is 44.2 Å². The summed E-state index contributed by atoms with van der Waals surface area (Å²) in [7, 11) is 0. The molecule has 1 aromatic carbocycles. The van der Waals surface area contributed by atoms with Gasteiger partial charge in [-0.05, 0) is 35.6 Å². The van der Waals surface area contributed by atoms with E-state index >= 15 is 0 Å². The van der Waals surface area contributed by atoms with Crippen LogP contribution in [0.25, 0.3) is 5.52 Å². The van der Waals surface area contributed by atoms with Crippen molar-refractivity contribution in [3.8, 4) is 0 Å². The minimum Gasteiger partial charge on any atom is -0.313 e. The quantitative estimate of drug-likeness (QED) is 0.660. The molecule has 3 heteroatoms. The van der Waals surface area contributed by atoms with Crippen molar-refractivity contribution in [2.45, 2.75) is 26.7 Å². The zero-order chi connectivity index (χ0) is 16.9. The van der Waals surface area contributed by atoms with Gasteiger partial charge in [0.15, 0.2) is 5.78 Å². The van der Waals surface area contributed by atoms with Gasteiger partial charge in [-0.3, -0.25) is 9.59 Å². The van der Waals surface area contributed by atoms with Crippen molar-refractivity contribution in [1.29, 1.82) is 0 Å². The molecule has 120 valence electrons. The van der Waals surface area contributed by atoms with Crippen LogP contribution in [-0.2, 0) is 6.42 Å². The van der Waals surface area contributed by atoms with E-state index in [4.69, 9.17) is 0 Å². The van der Waals surface area contributed by atoms with Gasteiger partial charge in [0.1, 0.15) is 0 Å². The molecule has 0 aliphatic heterocycles. The van der Waals surface area contributed by atoms with Crippen LogP contribution in [0.15, 0.2) is 54.7 Å². The molecule has 0 spiro atoms. The molecule has 0 unspecified atom stereocenters. The summed E-state index contributed by atoms with van der Waals surface area (Å²) in [6, 6.07) is 15.1. The molecule has 2 aromatic heterocycles. The van der Waals surface area contributed by atoms with E-state index < -0.39 is 0 Å². The van der Waals surface area contributed by atoms with Crippen LogP contribution in [0.5, 0.6) is 0 Å². The molecule has 0 atom stereocenters. The van der Waals surface area contributed by atoms with E-state index in [0.29, 0.717) is 23.2 Å². The Balaban J connectivity index is 2.02. The first kappa shape index (κ1) is 14.9. The number of aromatic nitrogens is 1. The number of rotatable bonds is 2. The topological polar surface area (TPSA) is 38.5 Å². The number of pyridine rings is 1. The Hall–Kier alpha value is -2.68. The monoisotopic (exact) mass is 317 g/mol. The number of hydrogen-bond donors (Lipinski definition) is 0. The molecular formula is C21H19NO2. The third kappa shape index (κ3) is 2.28. The third-order valence-corrected chi connectivity index (χ3v) is 4.77. The second kappa shape index (κ2) is 5.17. The molecule has 1 aliphatic rings. The summed E-state index contributed by atoms with van der Waals surface area (Å²) in [6.07, 6.45) is 3.16. The highest BCUT2D eigenvalue weighted by atomic mass is 16.1. The van der Waals surface area contributed by atoms with Crippen molar-refractivity contribution in [1.82, 2.24) is 4.40 Å². The normalized spacial score (nSPS) is 16.2. The zero-order valence-electron chi connectivity index (χ0n) is 13.9. The van der Waals surface area contributed by atoms with Gasteiger partial charge >= 0.3 is 0 Å². The average Bonchev–Trinajstić information content (AvgIpc) is 3.00. The minimum absolute atomic E-state index is 0.0286. The molecule has 2 heterocycles. The Bertz CT molecular complexity index is 964. The van der Waals surface area contributed by atoms with Crippen molar-refractivity contribution in [2.75, 3.05) is 0 Å². The van der Waals surface area contributed by atoms with E-state index in [2.05, 4.69) is 13.8 Å². The fraction of sp³-hybridized carbons (Fsp3) is 0.238. The van der Waals surface area contributed by atoms with Crippen molar-refractivity contribution < 1.29 is 9.59 Å². The second-order valence-corrected chi connectivity index (χ2v) is 7.32. The predicted octanol–water partition coefficient (Wildman–Crippen LogP) is 4.33. The number of Topliss-reactive ketones (excluding diaryl/α,β-unsaturated/α-hetero) is 1. The van der Waals surface area contributed by atoms with Gasteiger partial charge in [-0.2, -0.15) is 0 Å². The summed E-state index contributed by atoms with van der Waals surface area (Å²) in [5, 5.41) is 0. The van der Waals surface area contributed by atoms with Crippen molar-refractivity contribution in [3.05, 3.63) is 77.1 Å². The van der Waals surface area contributed by atoms with E-state index in [9.17, 15) is 9.59 Å². The van der Waals surface area contributed by atoms with Crippen LogP contribution < -0.4 is 0 Å². The highest BCUT2D eigenvalue weighted by Crippen LogP contribution is 2.37. The molecular weight excluding hydrogens is 298 g/mol. The number of hydrogen-bond acceptors (Lipinski definition) is 2. The van der Waals surface area contributed by atoms with E-state index in [-0.39, 0.29) is 17.0 Å². The minimum atomic E-state index is -0.128. The van der Waals surface area contributed by atoms with Crippen LogP contribution in [-0.4, -0.2) is 16.0 Å². The van der Waals surface area contributed by atoms with Gasteiger partial charge in [0.25, 0.3) is 0 Å². The number of carbonyl (C=O) groups is 2. The summed E-state index contributed by atoms with van der Waals surface area (Å²) in [5.74, 6) is 0.103. The SMILES string of the molecule is CC1(C)CC(=O)c2cc3cccn3c(C(=O)c3ccccc3)c2C1. The molecule has 0 saturated heterocycles. The maximum atomic E-state index is 13.2. The van der Waals surface area contributed by atoms with Gasteiger partial charge in [0.05, 0.1) is 5.69 Å². The summed E-state index contributed by atoms with van der Waals surface area (Å²) in [5.41, 5.74) is 3.63. The number of ketones is 2. The van der Waals surface area contributed by atoms with Crippen LogP contribution in [0.2, 0.25) is 0 Å². The molecule has 1 aliphatic carbocycles. The van der Waals surface area contributed by atoms with Crippen LogP contribution in [0, 0.1) is 5.41 Å². The Morgan fingerprint density at radius 3 is 2.54 bits per heavy atom. The lowest BCUT2D eigenvalue weighted by Crippen LogP contribution is -2.30. The molecule has 0 radical (unpaired) electrons. The number of fused-ring (bicyclic) bond motifs is 2. The van der Waals surface area contributed by atoms with Crippen LogP contribution in [0.3, 0.4) is 0 Å². The van der Waals surface area contributed by atoms with Gasteiger partial charge < -0.3 is 4.40 Å². The average molecular weight is 317 g/mol. The van der Waals surface area contributed by atoms with Crippen molar-refractivity contribution in [2.24, 2.45) is 5.41 Å². The summed E-state index contributed by atoms with van der Waals surface area (Å²) in [6.45, 7) is 4.18. The second-order valence-electron chi connectivity index (χ2n) is 7.32. The zero-order valence-corrected chi connectivity index (χ0v) is 13.9. The van der Waals surface area contributed by atoms with E-state index in [1.807, 2.05) is 59.1 Å². The van der Waals surface area contributed by atoms with Gasteiger partial charge in [-0.25, -0.2) is 0 Å². The molecule has 0 bridgehead atoms. The van der Waals surface area contributed by atoms with Crippen molar-refractivity contribution >= 4 is 17.1 Å². The Morgan fingerprint density at radius 1 is 1.04 bits per heavy atom. The van der Waals surface area contributed by atoms with E-state index in [1.165, 1.54) is 0 Å². The van der Waals surface area contributed by atoms with Gasteiger partial charge in [0, 0.05) is 29.3 Å². The highest BCUT2D eigenvalue weighted by molar-refractivity contribution is 6.12. The lowest BCUT2D eigenvalue weighted by molar-refractivity contribution is 0.0911. The standard InChI is InChI=1S/C21H19NO2/c1-21(2)12-17-16(18(23)13-21)11-15-9-6-10-22(15)19(17)20(24)14-7-4-3-5-8-14/h3-11H,12-13H2,1-2H3. The molecule has 24 heavy (non-hydrogen) atoms. The fourth-order valence-electron chi connectivity index (χ4n) is 3.69. The smallest absolute Gasteiger partial charge is 0.210 e. The molecule has 0 amide bonds. The Morgan fingerprint density at radius 2 is 1.79 bits per heavy atom. The lowest BCUT2D eigenvalue weighted by atomic mass is 9.72. The molecule has 0 N–H and O–H groups in total. The Kier molecular flexibility index (Phi) is 3.20. The first-order chi connectivity index (χ1) is 11.5. The molecule has 3 nitrogen and oxygen atoms in total. The van der Waals surface area contributed by atoms with Crippen LogP contribution in [0.4, 0.5) is 0 Å². The lowest BCUT2D eigenvalue weighted by Gasteiger charge is -2.31. The third-order valence-electron chi connectivity index (χ3n) is 4.77. The number of carbonyl (C=O) groups excluding carboxylic acids is 2. The summed E-state index contributed by atoms with van der Waals surface area (Å²) >= 11 is 0. The number of benzene rings is 1. The molecule has 0 saturated carbocycles. The molecule has 0 fully saturated rings. The summed E-state index contributed by atoms with van der Waals surface area (Å²) in [4.78, 5) is 25.9. The molecule has 4 rings (SSSR count). The summed E-state index contributed by atoms with van der Waals surface area (Å²) < 4.78 is 1.92. The van der Waals surface area contributed by atoms with E-state index in [1.54, 1.807) is 0 Å². The van der Waals surface area contributed by atoms with E-state index in [0.717, 1.165) is 17.5 Å². The number of nitrogens with zero attached hydrogens (tertiary/aromatic N) is 1. The van der Waals surface area contributed by atoms with Crippen molar-refractivity contribution in [3.63, 3.8) is 0 Å². The maximum absolute atomic E-state index is 13.2. The maximum Gasteiger partial charge on any atom is 0.210 e. The Labute approximate surface area is 140 Å². The van der Waals surface area contributed by atoms with Crippen LogP contribution >= 0.6 is 0 Å². The first-order valence-electron chi connectivity index (χ1n) is 8.22. The largest absolute Gasteiger partial charge is 0.313 e. The van der Waals surface area contributed by atoms with Gasteiger partial charge in [0.2, 0.25) is 5.78 Å². The highest BCUT2D eigenvalue weighted by Gasteiger charge is 2.35. The predicted molar refractivity (Wildman–Crippen MR) is 93.7 cm³/mol. The van der Waals surface area contributed by atoms with Crippen LogP contribution in [0.1, 0.15) is 52.2 Å². The first-order valence-corrected chi connectivity index (χ1v) is 8.22. The van der Waals surface area contributed by atoms with Gasteiger partial charge in [-0.15, -0.1) is 0 Å². The molecule has 3 aromatic rings. The fourth-order valence-corrected chi connectivity index (χ4v) is 3.69.